The highest BCUT2D eigenvalue weighted by atomic mass is 16.5. The van der Waals surface area contributed by atoms with Crippen LogP contribution >= 0.6 is 0 Å². The van der Waals surface area contributed by atoms with Crippen LogP contribution in [0.2, 0.25) is 0 Å². The van der Waals surface area contributed by atoms with Crippen molar-refractivity contribution in [1.82, 2.24) is 9.80 Å². The first-order valence-electron chi connectivity index (χ1n) is 10.8. The summed E-state index contributed by atoms with van der Waals surface area (Å²) in [6.07, 6.45) is 0.756. The van der Waals surface area contributed by atoms with Crippen molar-refractivity contribution in [2.45, 2.75) is 39.4 Å². The van der Waals surface area contributed by atoms with Gasteiger partial charge in [-0.3, -0.25) is 9.80 Å². The molecule has 0 saturated carbocycles. The third kappa shape index (κ3) is 5.64. The molecule has 2 aromatic rings. The van der Waals surface area contributed by atoms with Crippen LogP contribution in [-0.2, 0) is 17.8 Å². The first-order valence-corrected chi connectivity index (χ1v) is 10.8. The smallest absolute Gasteiger partial charge is 0.337 e. The summed E-state index contributed by atoms with van der Waals surface area (Å²) in [5.41, 5.74) is 5.51. The normalized spacial score (nSPS) is 17.5. The molecule has 31 heavy (non-hydrogen) atoms. The molecule has 0 aromatic heterocycles. The van der Waals surface area contributed by atoms with Gasteiger partial charge in [0, 0.05) is 45.4 Å². The Balaban J connectivity index is 1.65. The molecule has 1 aliphatic rings. The molecule has 0 aliphatic carbocycles. The van der Waals surface area contributed by atoms with Gasteiger partial charge in [0.25, 0.3) is 0 Å². The maximum atomic E-state index is 11.6. The van der Waals surface area contributed by atoms with Gasteiger partial charge < -0.3 is 14.6 Å². The fraction of sp³-hybridized carbons (Fsp3) is 0.480. The van der Waals surface area contributed by atoms with E-state index in [1.165, 1.54) is 29.4 Å². The highest BCUT2D eigenvalue weighted by Crippen LogP contribution is 2.26. The Morgan fingerprint density at radius 3 is 2.42 bits per heavy atom. The second kappa shape index (κ2) is 10.8. The van der Waals surface area contributed by atoms with E-state index in [0.29, 0.717) is 11.6 Å². The highest BCUT2D eigenvalue weighted by Gasteiger charge is 2.27. The van der Waals surface area contributed by atoms with Gasteiger partial charge in [0.2, 0.25) is 0 Å². The van der Waals surface area contributed by atoms with E-state index >= 15 is 0 Å². The Morgan fingerprint density at radius 1 is 1.03 bits per heavy atom. The number of hydrogen-bond acceptors (Lipinski definition) is 6. The quantitative estimate of drug-likeness (QED) is 0.655. The minimum atomic E-state index is -0.313. The molecule has 6 heteroatoms. The van der Waals surface area contributed by atoms with Crippen molar-refractivity contribution >= 4 is 5.97 Å². The van der Waals surface area contributed by atoms with Gasteiger partial charge in [0.1, 0.15) is 5.75 Å². The van der Waals surface area contributed by atoms with Crippen molar-refractivity contribution < 1.29 is 19.4 Å². The molecule has 1 aliphatic heterocycles. The molecule has 2 aromatic carbocycles. The standard InChI is InChI=1S/C25H34N2O4/c1-18-19(2)24(30-3)10-9-22(18)16-27-13-12-26(17-23(27)11-14-28)15-20-5-7-21(8-6-20)25(29)31-4/h5-10,23,28H,11-17H2,1-4H3/t23-/m1/s1. The summed E-state index contributed by atoms with van der Waals surface area (Å²) in [4.78, 5) is 16.5. The minimum Gasteiger partial charge on any atom is -0.496 e. The minimum absolute atomic E-state index is 0.184. The molecule has 3 rings (SSSR count). The molecular formula is C25H34N2O4. The van der Waals surface area contributed by atoms with Crippen molar-refractivity contribution in [3.8, 4) is 5.75 Å². The molecular weight excluding hydrogens is 392 g/mol. The summed E-state index contributed by atoms with van der Waals surface area (Å²) in [6, 6.07) is 12.1. The number of hydrogen-bond donors (Lipinski definition) is 1. The molecule has 1 saturated heterocycles. The number of aliphatic hydroxyl groups is 1. The van der Waals surface area contributed by atoms with Crippen molar-refractivity contribution in [3.63, 3.8) is 0 Å². The van der Waals surface area contributed by atoms with E-state index in [4.69, 9.17) is 9.47 Å². The summed E-state index contributed by atoms with van der Waals surface area (Å²) < 4.78 is 10.2. The summed E-state index contributed by atoms with van der Waals surface area (Å²) in [6.45, 7) is 8.98. The number of ether oxygens (including phenoxy) is 2. The lowest BCUT2D eigenvalue weighted by molar-refractivity contribution is 0.0498. The van der Waals surface area contributed by atoms with Gasteiger partial charge in [-0.2, -0.15) is 0 Å². The zero-order valence-corrected chi connectivity index (χ0v) is 19.1. The van der Waals surface area contributed by atoms with Gasteiger partial charge in [-0.1, -0.05) is 18.2 Å². The SMILES string of the molecule is COC(=O)c1ccc(CN2CCN(Cc3ccc(OC)c(C)c3C)[C@H](CCO)C2)cc1. The van der Waals surface area contributed by atoms with E-state index in [9.17, 15) is 9.90 Å². The number of methoxy groups -OCH3 is 2. The van der Waals surface area contributed by atoms with Crippen LogP contribution in [-0.4, -0.2) is 67.4 Å². The Labute approximate surface area is 185 Å². The van der Waals surface area contributed by atoms with Crippen molar-refractivity contribution in [2.24, 2.45) is 0 Å². The van der Waals surface area contributed by atoms with Crippen LogP contribution in [0.4, 0.5) is 0 Å². The van der Waals surface area contributed by atoms with Crippen LogP contribution in [0.5, 0.6) is 5.75 Å². The van der Waals surface area contributed by atoms with Crippen LogP contribution in [0.1, 0.15) is 39.0 Å². The predicted molar refractivity (Wildman–Crippen MR) is 121 cm³/mol. The van der Waals surface area contributed by atoms with Crippen molar-refractivity contribution in [3.05, 3.63) is 64.2 Å². The van der Waals surface area contributed by atoms with Gasteiger partial charge in [0.15, 0.2) is 0 Å². The van der Waals surface area contributed by atoms with E-state index in [-0.39, 0.29) is 12.6 Å². The lowest BCUT2D eigenvalue weighted by Gasteiger charge is -2.41. The molecule has 0 radical (unpaired) electrons. The molecule has 1 fully saturated rings. The molecule has 6 nitrogen and oxygen atoms in total. The van der Waals surface area contributed by atoms with Gasteiger partial charge in [-0.15, -0.1) is 0 Å². The molecule has 1 N–H and O–H groups in total. The van der Waals surface area contributed by atoms with E-state index in [1.807, 2.05) is 30.3 Å². The number of carbonyl (C=O) groups excluding carboxylic acids is 1. The average molecular weight is 427 g/mol. The fourth-order valence-electron chi connectivity index (χ4n) is 4.32. The predicted octanol–water partition coefficient (Wildman–Crippen LogP) is 3.17. The third-order valence-corrected chi connectivity index (χ3v) is 6.38. The van der Waals surface area contributed by atoms with Gasteiger partial charge >= 0.3 is 5.97 Å². The molecule has 0 amide bonds. The van der Waals surface area contributed by atoms with Gasteiger partial charge in [0.05, 0.1) is 19.8 Å². The highest BCUT2D eigenvalue weighted by molar-refractivity contribution is 5.89. The summed E-state index contributed by atoms with van der Waals surface area (Å²) in [5.74, 6) is 0.614. The third-order valence-electron chi connectivity index (χ3n) is 6.38. The first kappa shape index (κ1) is 23.3. The van der Waals surface area contributed by atoms with Crippen molar-refractivity contribution in [2.75, 3.05) is 40.5 Å². The fourth-order valence-corrected chi connectivity index (χ4v) is 4.32. The van der Waals surface area contributed by atoms with E-state index in [2.05, 4.69) is 29.7 Å². The summed E-state index contributed by atoms with van der Waals surface area (Å²) in [5, 5.41) is 9.65. The largest absolute Gasteiger partial charge is 0.496 e. The number of nitrogens with zero attached hydrogens (tertiary/aromatic N) is 2. The maximum Gasteiger partial charge on any atom is 0.337 e. The number of benzene rings is 2. The second-order valence-electron chi connectivity index (χ2n) is 8.24. The summed E-state index contributed by atoms with van der Waals surface area (Å²) in [7, 11) is 3.10. The number of rotatable bonds is 8. The van der Waals surface area contributed by atoms with Crippen LogP contribution in [0, 0.1) is 13.8 Å². The average Bonchev–Trinajstić information content (AvgIpc) is 2.79. The van der Waals surface area contributed by atoms with Crippen molar-refractivity contribution in [1.29, 1.82) is 0 Å². The van der Waals surface area contributed by atoms with Gasteiger partial charge in [-0.05, 0) is 60.7 Å². The zero-order valence-electron chi connectivity index (χ0n) is 19.1. The molecule has 0 unspecified atom stereocenters. The molecule has 168 valence electrons. The van der Waals surface area contributed by atoms with E-state index < -0.39 is 0 Å². The topological polar surface area (TPSA) is 62.2 Å². The molecule has 0 spiro atoms. The van der Waals surface area contributed by atoms with Crippen LogP contribution in [0.25, 0.3) is 0 Å². The Kier molecular flexibility index (Phi) is 8.07. The maximum absolute atomic E-state index is 11.6. The molecule has 1 heterocycles. The first-order chi connectivity index (χ1) is 15.0. The van der Waals surface area contributed by atoms with Crippen LogP contribution < -0.4 is 4.74 Å². The Hall–Kier alpha value is -2.41. The second-order valence-corrected chi connectivity index (χ2v) is 8.24. The zero-order chi connectivity index (χ0) is 22.4. The van der Waals surface area contributed by atoms with Gasteiger partial charge in [-0.25, -0.2) is 4.79 Å². The summed E-state index contributed by atoms with van der Waals surface area (Å²) >= 11 is 0. The lowest BCUT2D eigenvalue weighted by atomic mass is 10.00. The van der Waals surface area contributed by atoms with E-state index in [0.717, 1.165) is 44.9 Å². The monoisotopic (exact) mass is 426 g/mol. The molecule has 1 atom stereocenters. The number of aliphatic hydroxyl groups excluding tert-OH is 1. The van der Waals surface area contributed by atoms with Crippen LogP contribution in [0.15, 0.2) is 36.4 Å². The number of esters is 1. The van der Waals surface area contributed by atoms with E-state index in [1.54, 1.807) is 7.11 Å². The number of carbonyl (C=O) groups is 1. The number of piperazine rings is 1. The lowest BCUT2D eigenvalue weighted by Crippen LogP contribution is -2.52. The van der Waals surface area contributed by atoms with Crippen LogP contribution in [0.3, 0.4) is 0 Å². The molecule has 0 bridgehead atoms. The Morgan fingerprint density at radius 2 is 1.77 bits per heavy atom. The Bertz CT molecular complexity index is 882.